The van der Waals surface area contributed by atoms with Crippen LogP contribution in [-0.4, -0.2) is 21.9 Å². The van der Waals surface area contributed by atoms with E-state index in [9.17, 15) is 0 Å². The van der Waals surface area contributed by atoms with Crippen molar-refractivity contribution in [2.45, 2.75) is 12.8 Å². The molecule has 1 aromatic heterocycles. The number of halogens is 2. The van der Waals surface area contributed by atoms with Crippen LogP contribution in [0, 0.1) is 0 Å². The fourth-order valence-electron chi connectivity index (χ4n) is 1.55. The molecule has 0 aliphatic rings. The summed E-state index contributed by atoms with van der Waals surface area (Å²) in [5.41, 5.74) is 1.94. The van der Waals surface area contributed by atoms with Crippen molar-refractivity contribution in [3.05, 3.63) is 27.3 Å². The zero-order valence-electron chi connectivity index (χ0n) is 7.93. The van der Waals surface area contributed by atoms with Gasteiger partial charge < -0.3 is 5.11 Å². The molecule has 0 fully saturated rings. The van der Waals surface area contributed by atoms with E-state index in [0.717, 1.165) is 27.4 Å². The van der Waals surface area contributed by atoms with Crippen molar-refractivity contribution in [3.8, 4) is 0 Å². The van der Waals surface area contributed by atoms with Gasteiger partial charge in [0.2, 0.25) is 0 Å². The molecule has 0 amide bonds. The quantitative estimate of drug-likeness (QED) is 0.913. The highest BCUT2D eigenvalue weighted by atomic mass is 79.9. The first-order valence-electron chi connectivity index (χ1n) is 4.65. The average Bonchev–Trinajstić information content (AvgIpc) is 2.65. The second kappa shape index (κ2) is 4.51. The van der Waals surface area contributed by atoms with Crippen molar-refractivity contribution >= 4 is 38.4 Å². The molecule has 0 bridgehead atoms. The number of rotatable bonds is 3. The maximum absolute atomic E-state index is 8.81. The molecule has 0 aliphatic heterocycles. The third-order valence-corrected chi connectivity index (χ3v) is 3.56. The molecule has 0 saturated carbocycles. The van der Waals surface area contributed by atoms with Gasteiger partial charge in [-0.25, -0.2) is 0 Å². The van der Waals surface area contributed by atoms with E-state index in [2.05, 4.69) is 26.1 Å². The summed E-state index contributed by atoms with van der Waals surface area (Å²) in [6, 6.07) is 1.86. The fourth-order valence-corrected chi connectivity index (χ4v) is 2.69. The van der Waals surface area contributed by atoms with Crippen LogP contribution in [0.25, 0.3) is 10.9 Å². The van der Waals surface area contributed by atoms with E-state index in [-0.39, 0.29) is 6.61 Å². The Morgan fingerprint density at radius 2 is 2.33 bits per heavy atom. The van der Waals surface area contributed by atoms with E-state index in [4.69, 9.17) is 16.7 Å². The molecule has 1 heterocycles. The van der Waals surface area contributed by atoms with Crippen molar-refractivity contribution < 1.29 is 5.11 Å². The second-order valence-electron chi connectivity index (χ2n) is 3.31. The standard InChI is InChI=1S/C10H10BrClN2O/c11-10-6(2-1-3-15)8(12)4-9-7(10)5-13-14-9/h4-5,15H,1-3H2,(H,13,14). The molecule has 2 aromatic rings. The Balaban J connectivity index is 2.52. The molecule has 3 nitrogen and oxygen atoms in total. The van der Waals surface area contributed by atoms with Crippen molar-refractivity contribution in [2.24, 2.45) is 0 Å². The molecular formula is C10H10BrClN2O. The number of hydrogen-bond donors (Lipinski definition) is 2. The minimum Gasteiger partial charge on any atom is -0.396 e. The summed E-state index contributed by atoms with van der Waals surface area (Å²) in [7, 11) is 0. The number of nitrogens with zero attached hydrogens (tertiary/aromatic N) is 1. The molecule has 0 spiro atoms. The molecule has 1 aromatic carbocycles. The van der Waals surface area contributed by atoms with Gasteiger partial charge in [0.1, 0.15) is 0 Å². The van der Waals surface area contributed by atoms with Crippen LogP contribution in [0.5, 0.6) is 0 Å². The smallest absolute Gasteiger partial charge is 0.0676 e. The number of aliphatic hydroxyl groups is 1. The monoisotopic (exact) mass is 288 g/mol. The predicted octanol–water partition coefficient (Wildman–Crippen LogP) is 2.90. The van der Waals surface area contributed by atoms with Gasteiger partial charge in [-0.3, -0.25) is 5.10 Å². The van der Waals surface area contributed by atoms with Crippen LogP contribution in [-0.2, 0) is 6.42 Å². The first kappa shape index (κ1) is 10.9. The Bertz CT molecular complexity index is 483. The van der Waals surface area contributed by atoms with Crippen molar-refractivity contribution in [1.82, 2.24) is 10.2 Å². The third-order valence-electron chi connectivity index (χ3n) is 2.31. The van der Waals surface area contributed by atoms with Crippen molar-refractivity contribution in [2.75, 3.05) is 6.61 Å². The first-order valence-corrected chi connectivity index (χ1v) is 5.82. The number of hydrogen-bond acceptors (Lipinski definition) is 2. The molecule has 0 saturated heterocycles. The molecule has 80 valence electrons. The highest BCUT2D eigenvalue weighted by Crippen LogP contribution is 2.33. The summed E-state index contributed by atoms with van der Waals surface area (Å²) in [5, 5.41) is 17.4. The molecule has 0 unspecified atom stereocenters. The summed E-state index contributed by atoms with van der Waals surface area (Å²) < 4.78 is 0.965. The Hall–Kier alpha value is -0.580. The second-order valence-corrected chi connectivity index (χ2v) is 4.51. The number of H-pyrrole nitrogens is 1. The van der Waals surface area contributed by atoms with E-state index in [1.807, 2.05) is 6.07 Å². The summed E-state index contributed by atoms with van der Waals surface area (Å²) >= 11 is 9.66. The highest BCUT2D eigenvalue weighted by molar-refractivity contribution is 9.10. The van der Waals surface area contributed by atoms with Crippen LogP contribution in [0.15, 0.2) is 16.7 Å². The molecule has 5 heteroatoms. The Morgan fingerprint density at radius 3 is 3.07 bits per heavy atom. The zero-order valence-corrected chi connectivity index (χ0v) is 10.3. The first-order chi connectivity index (χ1) is 7.24. The van der Waals surface area contributed by atoms with Crippen LogP contribution in [0.3, 0.4) is 0 Å². The minimum atomic E-state index is 0.173. The maximum Gasteiger partial charge on any atom is 0.0676 e. The minimum absolute atomic E-state index is 0.173. The summed E-state index contributed by atoms with van der Waals surface area (Å²) in [5.74, 6) is 0. The number of benzene rings is 1. The molecule has 2 N–H and O–H groups in total. The van der Waals surface area contributed by atoms with Gasteiger partial charge in [-0.05, 0) is 40.4 Å². The van der Waals surface area contributed by atoms with Gasteiger partial charge in [0.05, 0.1) is 11.7 Å². The largest absolute Gasteiger partial charge is 0.396 e. The predicted molar refractivity (Wildman–Crippen MR) is 64.2 cm³/mol. The SMILES string of the molecule is OCCCc1c(Cl)cc2[nH]ncc2c1Br. The number of aromatic amines is 1. The van der Waals surface area contributed by atoms with Crippen molar-refractivity contribution in [1.29, 1.82) is 0 Å². The lowest BCUT2D eigenvalue weighted by molar-refractivity contribution is 0.288. The Kier molecular flexibility index (Phi) is 3.29. The number of aliphatic hydroxyl groups excluding tert-OH is 1. The lowest BCUT2D eigenvalue weighted by Crippen LogP contribution is -1.92. The van der Waals surface area contributed by atoms with E-state index in [0.29, 0.717) is 11.4 Å². The van der Waals surface area contributed by atoms with Gasteiger partial charge in [0.15, 0.2) is 0 Å². The molecule has 0 radical (unpaired) electrons. The van der Waals surface area contributed by atoms with Gasteiger partial charge in [0, 0.05) is 21.5 Å². The van der Waals surface area contributed by atoms with Crippen LogP contribution in [0.2, 0.25) is 5.02 Å². The topological polar surface area (TPSA) is 48.9 Å². The zero-order chi connectivity index (χ0) is 10.8. The number of aromatic nitrogens is 2. The van der Waals surface area contributed by atoms with Gasteiger partial charge >= 0.3 is 0 Å². The molecular weight excluding hydrogens is 279 g/mol. The summed E-state index contributed by atoms with van der Waals surface area (Å²) in [6.45, 7) is 0.173. The molecule has 0 aliphatic carbocycles. The van der Waals surface area contributed by atoms with Crippen LogP contribution < -0.4 is 0 Å². The van der Waals surface area contributed by atoms with Crippen LogP contribution >= 0.6 is 27.5 Å². The van der Waals surface area contributed by atoms with E-state index < -0.39 is 0 Å². The van der Waals surface area contributed by atoms with Gasteiger partial charge in [-0.15, -0.1) is 0 Å². The van der Waals surface area contributed by atoms with E-state index in [1.54, 1.807) is 6.20 Å². The maximum atomic E-state index is 8.81. The third kappa shape index (κ3) is 2.02. The Labute approximate surface area is 101 Å². The normalized spacial score (nSPS) is 11.1. The fraction of sp³-hybridized carbons (Fsp3) is 0.300. The summed E-state index contributed by atoms with van der Waals surface area (Å²) in [6.07, 6.45) is 3.23. The summed E-state index contributed by atoms with van der Waals surface area (Å²) in [4.78, 5) is 0. The van der Waals surface area contributed by atoms with Crippen LogP contribution in [0.1, 0.15) is 12.0 Å². The van der Waals surface area contributed by atoms with Gasteiger partial charge in [-0.2, -0.15) is 5.10 Å². The van der Waals surface area contributed by atoms with Gasteiger partial charge in [-0.1, -0.05) is 11.6 Å². The van der Waals surface area contributed by atoms with E-state index >= 15 is 0 Å². The van der Waals surface area contributed by atoms with Gasteiger partial charge in [0.25, 0.3) is 0 Å². The lowest BCUT2D eigenvalue weighted by atomic mass is 10.1. The average molecular weight is 290 g/mol. The number of fused-ring (bicyclic) bond motifs is 1. The Morgan fingerprint density at radius 1 is 1.53 bits per heavy atom. The number of nitrogens with one attached hydrogen (secondary N) is 1. The molecule has 15 heavy (non-hydrogen) atoms. The highest BCUT2D eigenvalue weighted by Gasteiger charge is 2.11. The van der Waals surface area contributed by atoms with Crippen LogP contribution in [0.4, 0.5) is 0 Å². The van der Waals surface area contributed by atoms with Crippen molar-refractivity contribution in [3.63, 3.8) is 0 Å². The molecule has 2 rings (SSSR count). The van der Waals surface area contributed by atoms with E-state index in [1.165, 1.54) is 0 Å². The molecule has 0 atom stereocenters. The lowest BCUT2D eigenvalue weighted by Gasteiger charge is -2.07.